The van der Waals surface area contributed by atoms with Crippen LogP contribution in [-0.2, 0) is 19.1 Å². The number of carbonyl (C=O) groups excluding carboxylic acids is 3. The first-order valence-electron chi connectivity index (χ1n) is 10.7. The van der Waals surface area contributed by atoms with E-state index < -0.39 is 11.5 Å². The van der Waals surface area contributed by atoms with Crippen molar-refractivity contribution in [2.24, 2.45) is 17.8 Å². The van der Waals surface area contributed by atoms with Crippen LogP contribution < -0.4 is 0 Å². The van der Waals surface area contributed by atoms with Crippen LogP contribution in [0.4, 0.5) is 0 Å². The van der Waals surface area contributed by atoms with Gasteiger partial charge in [0.2, 0.25) is 11.4 Å². The first kappa shape index (κ1) is 18.8. The Labute approximate surface area is 161 Å². The van der Waals surface area contributed by atoms with Crippen molar-refractivity contribution in [2.45, 2.75) is 83.4 Å². The van der Waals surface area contributed by atoms with Crippen LogP contribution in [0.5, 0.6) is 0 Å². The molecule has 0 radical (unpaired) electrons. The number of fused-ring (bicyclic) bond motifs is 2. The minimum Gasteiger partial charge on any atom is -0.460 e. The molecule has 27 heavy (non-hydrogen) atoms. The van der Waals surface area contributed by atoms with Crippen LogP contribution >= 0.6 is 0 Å². The Kier molecular flexibility index (Phi) is 4.71. The largest absolute Gasteiger partial charge is 0.460 e. The van der Waals surface area contributed by atoms with Crippen LogP contribution in [0.25, 0.3) is 0 Å². The first-order valence-corrected chi connectivity index (χ1v) is 10.7. The van der Waals surface area contributed by atoms with Crippen LogP contribution in [-0.4, -0.2) is 58.4 Å². The highest BCUT2D eigenvalue weighted by atomic mass is 16.5. The zero-order valence-electron chi connectivity index (χ0n) is 16.8. The maximum Gasteiger partial charge on any atom is 0.342 e. The average molecular weight is 376 g/mol. The summed E-state index contributed by atoms with van der Waals surface area (Å²) in [6.45, 7) is 7.60. The van der Waals surface area contributed by atoms with Crippen molar-refractivity contribution >= 4 is 17.8 Å². The number of piperazine rings is 1. The van der Waals surface area contributed by atoms with E-state index in [1.165, 1.54) is 0 Å². The lowest BCUT2D eigenvalue weighted by Gasteiger charge is -2.46. The number of amides is 2. The monoisotopic (exact) mass is 376 g/mol. The van der Waals surface area contributed by atoms with Gasteiger partial charge in [0.15, 0.2) is 0 Å². The molecular weight excluding hydrogens is 344 g/mol. The van der Waals surface area contributed by atoms with Gasteiger partial charge in [0.1, 0.15) is 12.1 Å². The molecule has 0 spiro atoms. The van der Waals surface area contributed by atoms with Crippen LogP contribution in [0, 0.1) is 17.8 Å². The molecule has 1 aliphatic carbocycles. The molecule has 1 saturated carbocycles. The molecule has 4 aliphatic rings. The molecule has 0 aromatic heterocycles. The minimum atomic E-state index is -1.40. The lowest BCUT2D eigenvalue weighted by molar-refractivity contribution is -0.185. The summed E-state index contributed by atoms with van der Waals surface area (Å²) in [6.07, 6.45) is 5.51. The zero-order valence-corrected chi connectivity index (χ0v) is 16.8. The van der Waals surface area contributed by atoms with Crippen molar-refractivity contribution < 1.29 is 19.1 Å². The van der Waals surface area contributed by atoms with Gasteiger partial charge in [-0.2, -0.15) is 0 Å². The minimum absolute atomic E-state index is 0.0565. The molecule has 4 rings (SSSR count). The molecular formula is C21H32N2O4. The van der Waals surface area contributed by atoms with E-state index in [1.807, 2.05) is 0 Å². The van der Waals surface area contributed by atoms with Crippen LogP contribution in [0.3, 0.4) is 0 Å². The third-order valence-electron chi connectivity index (χ3n) is 7.36. The molecule has 5 atom stereocenters. The summed E-state index contributed by atoms with van der Waals surface area (Å²) in [5, 5.41) is 0. The topological polar surface area (TPSA) is 66.9 Å². The Hall–Kier alpha value is -1.59. The van der Waals surface area contributed by atoms with Crippen LogP contribution in [0.15, 0.2) is 0 Å². The molecule has 2 amide bonds. The second-order valence-electron chi connectivity index (χ2n) is 9.38. The smallest absolute Gasteiger partial charge is 0.342 e. The molecule has 0 N–H and O–H groups in total. The Morgan fingerprint density at radius 3 is 2.67 bits per heavy atom. The number of hydrogen-bond donors (Lipinski definition) is 0. The fourth-order valence-corrected chi connectivity index (χ4v) is 5.81. The first-order chi connectivity index (χ1) is 12.9. The van der Waals surface area contributed by atoms with Gasteiger partial charge in [0.25, 0.3) is 5.91 Å². The van der Waals surface area contributed by atoms with Gasteiger partial charge < -0.3 is 14.5 Å². The Morgan fingerprint density at radius 2 is 1.93 bits per heavy atom. The van der Waals surface area contributed by atoms with E-state index in [-0.39, 0.29) is 24.0 Å². The van der Waals surface area contributed by atoms with E-state index in [1.54, 1.807) is 9.80 Å². The normalized spacial score (nSPS) is 39.0. The second-order valence-corrected chi connectivity index (χ2v) is 9.38. The van der Waals surface area contributed by atoms with Gasteiger partial charge in [0.05, 0.1) is 0 Å². The van der Waals surface area contributed by atoms with Gasteiger partial charge in [0, 0.05) is 13.1 Å². The number of carbonyl (C=O) groups is 3. The summed E-state index contributed by atoms with van der Waals surface area (Å²) in [5.74, 6) is 0.538. The molecule has 0 aromatic rings. The van der Waals surface area contributed by atoms with Gasteiger partial charge in [-0.15, -0.1) is 0 Å². The maximum absolute atomic E-state index is 13.4. The van der Waals surface area contributed by atoms with Gasteiger partial charge in [-0.05, 0) is 56.3 Å². The molecule has 3 heterocycles. The second kappa shape index (κ2) is 6.78. The molecule has 0 unspecified atom stereocenters. The molecule has 0 bridgehead atoms. The summed E-state index contributed by atoms with van der Waals surface area (Å²) in [6, 6.07) is -0.366. The molecule has 6 nitrogen and oxygen atoms in total. The Balaban J connectivity index is 1.61. The molecule has 0 aromatic carbocycles. The lowest BCUT2D eigenvalue weighted by atomic mass is 9.75. The highest BCUT2D eigenvalue weighted by molar-refractivity contribution is 6.14. The predicted octanol–water partition coefficient (Wildman–Crippen LogP) is 2.36. The third kappa shape index (κ3) is 2.78. The number of nitrogens with zero attached hydrogens (tertiary/aromatic N) is 2. The molecule has 4 fully saturated rings. The van der Waals surface area contributed by atoms with Crippen molar-refractivity contribution in [3.8, 4) is 0 Å². The van der Waals surface area contributed by atoms with Gasteiger partial charge in [-0.3, -0.25) is 9.59 Å². The van der Waals surface area contributed by atoms with Gasteiger partial charge in [-0.1, -0.05) is 27.2 Å². The Morgan fingerprint density at radius 1 is 1.15 bits per heavy atom. The van der Waals surface area contributed by atoms with E-state index in [0.717, 1.165) is 25.7 Å². The quantitative estimate of drug-likeness (QED) is 0.560. The van der Waals surface area contributed by atoms with Crippen molar-refractivity contribution in [3.63, 3.8) is 0 Å². The molecule has 150 valence electrons. The Bertz CT molecular complexity index is 648. The summed E-state index contributed by atoms with van der Waals surface area (Å²) in [4.78, 5) is 43.0. The zero-order chi connectivity index (χ0) is 19.3. The van der Waals surface area contributed by atoms with Gasteiger partial charge >= 0.3 is 5.97 Å². The standard InChI is InChI=1S/C21H32N2O4/c1-13(2)15-8-7-14(3)12-17(15)27-20(26)21-9-5-11-23(21)18(24)16-6-4-10-22(16)19(21)25/h13-17H,4-12H2,1-3H3/t14-,15+,16-,17+,21-/m0/s1. The van der Waals surface area contributed by atoms with E-state index >= 15 is 0 Å². The van der Waals surface area contributed by atoms with E-state index in [0.29, 0.717) is 50.1 Å². The third-order valence-corrected chi connectivity index (χ3v) is 7.36. The highest BCUT2D eigenvalue weighted by Crippen LogP contribution is 2.42. The van der Waals surface area contributed by atoms with Crippen molar-refractivity contribution in [3.05, 3.63) is 0 Å². The summed E-state index contributed by atoms with van der Waals surface area (Å²) in [5.41, 5.74) is -1.40. The predicted molar refractivity (Wildman–Crippen MR) is 99.6 cm³/mol. The SMILES string of the molecule is CC(C)[C@H]1CC[C@H](C)C[C@H]1OC(=O)[C@@]12CCCN1C(=O)[C@@H]1CCCN1C2=O. The highest BCUT2D eigenvalue weighted by Gasteiger charge is 2.64. The lowest BCUT2D eigenvalue weighted by Crippen LogP contribution is -2.71. The molecule has 3 aliphatic heterocycles. The fourth-order valence-electron chi connectivity index (χ4n) is 5.81. The number of ether oxygens (including phenoxy) is 1. The van der Waals surface area contributed by atoms with Crippen LogP contribution in [0.2, 0.25) is 0 Å². The summed E-state index contributed by atoms with van der Waals surface area (Å²) < 4.78 is 6.07. The van der Waals surface area contributed by atoms with Crippen LogP contribution in [0.1, 0.15) is 65.7 Å². The fraction of sp³-hybridized carbons (Fsp3) is 0.857. The number of hydrogen-bond acceptors (Lipinski definition) is 4. The van der Waals surface area contributed by atoms with E-state index in [9.17, 15) is 14.4 Å². The molecule has 6 heteroatoms. The number of esters is 1. The van der Waals surface area contributed by atoms with Crippen molar-refractivity contribution in [2.75, 3.05) is 13.1 Å². The summed E-state index contributed by atoms with van der Waals surface area (Å²) in [7, 11) is 0. The van der Waals surface area contributed by atoms with Crippen molar-refractivity contribution in [1.29, 1.82) is 0 Å². The van der Waals surface area contributed by atoms with E-state index in [4.69, 9.17) is 4.74 Å². The maximum atomic E-state index is 13.4. The van der Waals surface area contributed by atoms with Gasteiger partial charge in [-0.25, -0.2) is 4.79 Å². The average Bonchev–Trinajstić information content (AvgIpc) is 3.27. The number of rotatable bonds is 3. The van der Waals surface area contributed by atoms with Crippen molar-refractivity contribution in [1.82, 2.24) is 9.80 Å². The van der Waals surface area contributed by atoms with E-state index in [2.05, 4.69) is 20.8 Å². The molecule has 3 saturated heterocycles. The summed E-state index contributed by atoms with van der Waals surface area (Å²) >= 11 is 0.